The largest absolute Gasteiger partial charge is 0.496 e. The molecule has 0 spiro atoms. The summed E-state index contributed by atoms with van der Waals surface area (Å²) in [6, 6.07) is 5.25. The van der Waals surface area contributed by atoms with Gasteiger partial charge in [-0.3, -0.25) is 9.59 Å². The van der Waals surface area contributed by atoms with Crippen LogP contribution >= 0.6 is 0 Å². The number of hydrogen-bond acceptors (Lipinski definition) is 3. The van der Waals surface area contributed by atoms with E-state index >= 15 is 0 Å². The van der Waals surface area contributed by atoms with Crippen molar-refractivity contribution in [1.29, 1.82) is 0 Å². The fourth-order valence-electron chi connectivity index (χ4n) is 2.06. The number of carbonyl (C=O) groups is 2. The van der Waals surface area contributed by atoms with Crippen LogP contribution in [0.2, 0.25) is 0 Å². The number of benzene rings is 1. The lowest BCUT2D eigenvalue weighted by atomic mass is 10.0. The first-order valence-corrected chi connectivity index (χ1v) is 6.85. The molecule has 1 amide bonds. The highest BCUT2D eigenvalue weighted by Gasteiger charge is 2.28. The molecule has 0 saturated carbocycles. The van der Waals surface area contributed by atoms with Crippen LogP contribution in [0.4, 0.5) is 0 Å². The Morgan fingerprint density at radius 2 is 1.90 bits per heavy atom. The van der Waals surface area contributed by atoms with Gasteiger partial charge in [0.05, 0.1) is 13.5 Å². The normalized spacial score (nSPS) is 11.1. The summed E-state index contributed by atoms with van der Waals surface area (Å²) >= 11 is 0. The van der Waals surface area contributed by atoms with Gasteiger partial charge in [0.15, 0.2) is 0 Å². The molecule has 0 radical (unpaired) electrons. The summed E-state index contributed by atoms with van der Waals surface area (Å²) in [6.45, 7) is 7.74. The first kappa shape index (κ1) is 17.0. The minimum Gasteiger partial charge on any atom is -0.496 e. The van der Waals surface area contributed by atoms with Crippen LogP contribution in [0.15, 0.2) is 18.2 Å². The number of hydrogen-bond donors (Lipinski definition) is 1. The molecule has 0 fully saturated rings. The molecule has 0 unspecified atom stereocenters. The van der Waals surface area contributed by atoms with E-state index in [9.17, 15) is 9.59 Å². The van der Waals surface area contributed by atoms with E-state index in [4.69, 9.17) is 9.84 Å². The Kier molecular flexibility index (Phi) is 5.35. The van der Waals surface area contributed by atoms with Crippen molar-refractivity contribution in [3.63, 3.8) is 0 Å². The molecule has 0 bridgehead atoms. The van der Waals surface area contributed by atoms with Gasteiger partial charge in [0.2, 0.25) is 0 Å². The van der Waals surface area contributed by atoms with Gasteiger partial charge in [0.1, 0.15) is 5.75 Å². The fourth-order valence-corrected chi connectivity index (χ4v) is 2.06. The third kappa shape index (κ3) is 4.48. The minimum atomic E-state index is -0.918. The molecule has 0 aliphatic heterocycles. The molecule has 1 aromatic carbocycles. The van der Waals surface area contributed by atoms with Gasteiger partial charge in [0, 0.05) is 17.6 Å². The molecule has 5 nitrogen and oxygen atoms in total. The van der Waals surface area contributed by atoms with Crippen molar-refractivity contribution >= 4 is 11.9 Å². The maximum absolute atomic E-state index is 12.7. The van der Waals surface area contributed by atoms with Gasteiger partial charge in [-0.2, -0.15) is 0 Å². The lowest BCUT2D eigenvalue weighted by Crippen LogP contribution is -2.46. The highest BCUT2D eigenvalue weighted by molar-refractivity contribution is 5.95. The van der Waals surface area contributed by atoms with Crippen molar-refractivity contribution < 1.29 is 19.4 Å². The number of aryl methyl sites for hydroxylation is 1. The third-order valence-electron chi connectivity index (χ3n) is 3.26. The van der Waals surface area contributed by atoms with Gasteiger partial charge < -0.3 is 14.7 Å². The molecule has 5 heteroatoms. The quantitative estimate of drug-likeness (QED) is 0.906. The van der Waals surface area contributed by atoms with E-state index in [2.05, 4.69) is 0 Å². The van der Waals surface area contributed by atoms with Crippen molar-refractivity contribution in [3.05, 3.63) is 29.3 Å². The van der Waals surface area contributed by atoms with Crippen LogP contribution in [0, 0.1) is 6.92 Å². The highest BCUT2D eigenvalue weighted by atomic mass is 16.5. The van der Waals surface area contributed by atoms with E-state index in [0.29, 0.717) is 11.3 Å². The Morgan fingerprint density at radius 1 is 1.29 bits per heavy atom. The van der Waals surface area contributed by atoms with Crippen LogP contribution in [0.25, 0.3) is 0 Å². The molecular formula is C16H23NO4. The van der Waals surface area contributed by atoms with Crippen molar-refractivity contribution in [2.75, 3.05) is 13.7 Å². The Bertz CT molecular complexity index is 532. The Hall–Kier alpha value is -2.04. The molecule has 0 aliphatic rings. The predicted octanol–water partition coefficient (Wildman–Crippen LogP) is 2.72. The van der Waals surface area contributed by atoms with Crippen LogP contribution in [0.1, 0.15) is 43.1 Å². The van der Waals surface area contributed by atoms with E-state index in [0.717, 1.165) is 5.56 Å². The molecule has 116 valence electrons. The topological polar surface area (TPSA) is 66.8 Å². The van der Waals surface area contributed by atoms with Crippen LogP contribution in [0.5, 0.6) is 5.75 Å². The summed E-state index contributed by atoms with van der Waals surface area (Å²) in [6.07, 6.45) is -0.0774. The van der Waals surface area contributed by atoms with Gasteiger partial charge in [-0.25, -0.2) is 0 Å². The predicted molar refractivity (Wildman–Crippen MR) is 80.8 cm³/mol. The molecule has 1 aromatic rings. The minimum absolute atomic E-state index is 0.0774. The van der Waals surface area contributed by atoms with Crippen molar-refractivity contribution in [2.45, 2.75) is 39.7 Å². The van der Waals surface area contributed by atoms with Crippen molar-refractivity contribution in [2.24, 2.45) is 0 Å². The zero-order valence-electron chi connectivity index (χ0n) is 13.3. The molecule has 0 saturated heterocycles. The number of carboxylic acids is 1. The second kappa shape index (κ2) is 6.61. The maximum atomic E-state index is 12.7. The maximum Gasteiger partial charge on any atom is 0.305 e. The van der Waals surface area contributed by atoms with Crippen LogP contribution in [-0.2, 0) is 4.79 Å². The zero-order valence-corrected chi connectivity index (χ0v) is 13.3. The monoisotopic (exact) mass is 293 g/mol. The molecule has 1 rings (SSSR count). The van der Waals surface area contributed by atoms with E-state index in [1.165, 1.54) is 0 Å². The summed E-state index contributed by atoms with van der Waals surface area (Å²) in [5.41, 5.74) is 0.990. The lowest BCUT2D eigenvalue weighted by Gasteiger charge is -2.35. The average molecular weight is 293 g/mol. The summed E-state index contributed by atoms with van der Waals surface area (Å²) in [7, 11) is 1.56. The third-order valence-corrected chi connectivity index (χ3v) is 3.26. The van der Waals surface area contributed by atoms with Gasteiger partial charge in [0.25, 0.3) is 5.91 Å². The summed E-state index contributed by atoms with van der Waals surface area (Å²) < 4.78 is 5.23. The number of amides is 1. The van der Waals surface area contributed by atoms with Gasteiger partial charge in [-0.05, 0) is 45.4 Å². The number of carbonyl (C=O) groups excluding carboxylic acids is 1. The first-order valence-electron chi connectivity index (χ1n) is 6.85. The SMILES string of the molecule is COc1cc(C(=O)N(CCC(=O)O)C(C)(C)C)ccc1C. The van der Waals surface area contributed by atoms with Crippen LogP contribution in [-0.4, -0.2) is 41.1 Å². The number of rotatable bonds is 5. The van der Waals surface area contributed by atoms with E-state index in [-0.39, 0.29) is 18.9 Å². The second-order valence-electron chi connectivity index (χ2n) is 5.96. The molecule has 1 N–H and O–H groups in total. The summed E-state index contributed by atoms with van der Waals surface area (Å²) in [5.74, 6) is -0.464. The molecule has 0 atom stereocenters. The lowest BCUT2D eigenvalue weighted by molar-refractivity contribution is -0.137. The van der Waals surface area contributed by atoms with Gasteiger partial charge in [-0.15, -0.1) is 0 Å². The highest BCUT2D eigenvalue weighted by Crippen LogP contribution is 2.23. The molecule has 21 heavy (non-hydrogen) atoms. The number of aliphatic carboxylic acids is 1. The summed E-state index contributed by atoms with van der Waals surface area (Å²) in [4.78, 5) is 25.0. The first-order chi connectivity index (χ1) is 9.66. The number of nitrogens with zero attached hydrogens (tertiary/aromatic N) is 1. The molecule has 0 aromatic heterocycles. The van der Waals surface area contributed by atoms with Crippen LogP contribution < -0.4 is 4.74 Å². The molecular weight excluding hydrogens is 270 g/mol. The number of ether oxygens (including phenoxy) is 1. The molecule has 0 heterocycles. The number of carboxylic acid groups (broad SMARTS) is 1. The Morgan fingerprint density at radius 3 is 2.38 bits per heavy atom. The molecule has 0 aliphatic carbocycles. The standard InChI is InChI=1S/C16H23NO4/c1-11-6-7-12(10-13(11)21-5)15(20)17(16(2,3)4)9-8-14(18)19/h6-7,10H,8-9H2,1-5H3,(H,18,19). The summed E-state index contributed by atoms with van der Waals surface area (Å²) in [5, 5.41) is 8.84. The smallest absolute Gasteiger partial charge is 0.305 e. The Balaban J connectivity index is 3.07. The van der Waals surface area contributed by atoms with E-state index < -0.39 is 11.5 Å². The number of methoxy groups -OCH3 is 1. The fraction of sp³-hybridized carbons (Fsp3) is 0.500. The van der Waals surface area contributed by atoms with Crippen molar-refractivity contribution in [1.82, 2.24) is 4.90 Å². The van der Waals surface area contributed by atoms with Crippen LogP contribution in [0.3, 0.4) is 0 Å². The van der Waals surface area contributed by atoms with Gasteiger partial charge >= 0.3 is 5.97 Å². The second-order valence-corrected chi connectivity index (χ2v) is 5.96. The van der Waals surface area contributed by atoms with Gasteiger partial charge in [-0.1, -0.05) is 6.07 Å². The van der Waals surface area contributed by atoms with E-state index in [1.807, 2.05) is 33.8 Å². The van der Waals surface area contributed by atoms with E-state index in [1.54, 1.807) is 24.1 Å². The Labute approximate surface area is 125 Å². The zero-order chi connectivity index (χ0) is 16.2. The average Bonchev–Trinajstić information content (AvgIpc) is 2.37. The van der Waals surface area contributed by atoms with Crippen molar-refractivity contribution in [3.8, 4) is 5.75 Å².